The van der Waals surface area contributed by atoms with E-state index >= 15 is 0 Å². The van der Waals surface area contributed by atoms with Gasteiger partial charge in [-0.15, -0.1) is 10.2 Å². The molecular weight excluding hydrogens is 484 g/mol. The summed E-state index contributed by atoms with van der Waals surface area (Å²) in [5, 5.41) is 38.2. The lowest BCUT2D eigenvalue weighted by molar-refractivity contribution is 0.0488. The van der Waals surface area contributed by atoms with E-state index < -0.39 is 17.2 Å². The van der Waals surface area contributed by atoms with E-state index in [0.717, 1.165) is 16.8 Å². The molecule has 0 unspecified atom stereocenters. The van der Waals surface area contributed by atoms with Gasteiger partial charge in [-0.05, 0) is 57.0 Å². The number of fused-ring (bicyclic) bond motifs is 1. The normalized spacial score (nSPS) is 15.1. The molecule has 2 aromatic carbocycles. The van der Waals surface area contributed by atoms with Crippen LogP contribution in [0.5, 0.6) is 0 Å². The Kier molecular flexibility index (Phi) is 6.38. The number of rotatable bonds is 8. The molecule has 0 saturated carbocycles. The highest BCUT2D eigenvalue weighted by atomic mass is 16.4. The number of aromatic nitrogens is 3. The smallest absolute Gasteiger partial charge is 0.252 e. The molecule has 0 bridgehead atoms. The van der Waals surface area contributed by atoms with Crippen LogP contribution in [0.2, 0.25) is 0 Å². The van der Waals surface area contributed by atoms with Gasteiger partial charge in [0.25, 0.3) is 11.8 Å². The number of aliphatic hydroxyl groups excluding tert-OH is 1. The molecule has 10 nitrogen and oxygen atoms in total. The highest BCUT2D eigenvalue weighted by molar-refractivity contribution is 6.00. The van der Waals surface area contributed by atoms with Crippen molar-refractivity contribution in [2.75, 3.05) is 17.2 Å². The third-order valence-corrected chi connectivity index (χ3v) is 6.43. The van der Waals surface area contributed by atoms with Crippen LogP contribution in [0.15, 0.2) is 65.2 Å². The zero-order chi connectivity index (χ0) is 27.1. The molecule has 0 radical (unpaired) electrons. The van der Waals surface area contributed by atoms with Gasteiger partial charge in [-0.2, -0.15) is 0 Å². The first-order chi connectivity index (χ1) is 18.0. The third kappa shape index (κ3) is 4.96. The molecule has 1 aliphatic rings. The van der Waals surface area contributed by atoms with Gasteiger partial charge in [0.15, 0.2) is 0 Å². The zero-order valence-corrected chi connectivity index (χ0v) is 21.6. The van der Waals surface area contributed by atoms with Gasteiger partial charge in [-0.25, -0.2) is 4.98 Å². The standard InChI is InChI=1S/C28H30N6O4/c1-27(2)20-12-17(10-11-18(20)24(36)32-27)30-23-13-21(31-22(15-35)16-8-6-5-7-9-16)19(14-29-23)25-33-34-26(38-25)28(3,4)37/h5-14,22,35,37H,15H2,1-4H3,(H,32,36)(H2,29,30,31)/t22-/m1/s1. The topological polar surface area (TPSA) is 145 Å². The predicted octanol–water partition coefficient (Wildman–Crippen LogP) is 4.23. The van der Waals surface area contributed by atoms with E-state index in [1.54, 1.807) is 32.2 Å². The highest BCUT2D eigenvalue weighted by Crippen LogP contribution is 2.36. The number of hydrogen-bond donors (Lipinski definition) is 5. The second-order valence-electron chi connectivity index (χ2n) is 10.3. The average molecular weight is 515 g/mol. The van der Waals surface area contributed by atoms with Gasteiger partial charge in [-0.3, -0.25) is 4.79 Å². The molecule has 0 spiro atoms. The maximum atomic E-state index is 12.3. The lowest BCUT2D eigenvalue weighted by atomic mass is 9.94. The summed E-state index contributed by atoms with van der Waals surface area (Å²) in [5.41, 5.74) is 2.54. The quantitative estimate of drug-likeness (QED) is 0.233. The Hall–Kier alpha value is -4.28. The zero-order valence-electron chi connectivity index (χ0n) is 21.6. The predicted molar refractivity (Wildman–Crippen MR) is 143 cm³/mol. The minimum Gasteiger partial charge on any atom is -0.417 e. The van der Waals surface area contributed by atoms with E-state index in [9.17, 15) is 15.0 Å². The van der Waals surface area contributed by atoms with Crippen molar-refractivity contribution in [2.24, 2.45) is 0 Å². The highest BCUT2D eigenvalue weighted by Gasteiger charge is 2.35. The van der Waals surface area contributed by atoms with E-state index in [0.29, 0.717) is 22.6 Å². The number of aliphatic hydroxyl groups is 2. The lowest BCUT2D eigenvalue weighted by Gasteiger charge is -2.21. The largest absolute Gasteiger partial charge is 0.417 e. The first kappa shape index (κ1) is 25.4. The van der Waals surface area contributed by atoms with Crippen molar-refractivity contribution < 1.29 is 19.4 Å². The molecule has 38 heavy (non-hydrogen) atoms. The Labute approximate surface area is 220 Å². The molecule has 0 aliphatic carbocycles. The van der Waals surface area contributed by atoms with Crippen LogP contribution in [-0.2, 0) is 11.1 Å². The molecule has 5 N–H and O–H groups in total. The fraction of sp³-hybridized carbons (Fsp3) is 0.286. The average Bonchev–Trinajstić information content (AvgIpc) is 3.46. The van der Waals surface area contributed by atoms with E-state index in [-0.39, 0.29) is 24.3 Å². The number of anilines is 3. The first-order valence-corrected chi connectivity index (χ1v) is 12.3. The monoisotopic (exact) mass is 514 g/mol. The number of nitrogens with zero attached hydrogens (tertiary/aromatic N) is 3. The molecule has 2 aromatic heterocycles. The van der Waals surface area contributed by atoms with Crippen molar-refractivity contribution in [1.82, 2.24) is 20.5 Å². The van der Waals surface area contributed by atoms with Crippen LogP contribution < -0.4 is 16.0 Å². The third-order valence-electron chi connectivity index (χ3n) is 6.43. The van der Waals surface area contributed by atoms with Gasteiger partial charge < -0.3 is 30.6 Å². The number of pyridine rings is 1. The van der Waals surface area contributed by atoms with E-state index in [1.165, 1.54) is 0 Å². The van der Waals surface area contributed by atoms with Crippen molar-refractivity contribution in [3.63, 3.8) is 0 Å². The van der Waals surface area contributed by atoms with Crippen molar-refractivity contribution in [3.8, 4) is 11.5 Å². The van der Waals surface area contributed by atoms with Gasteiger partial charge in [-0.1, -0.05) is 30.3 Å². The van der Waals surface area contributed by atoms with Crippen molar-refractivity contribution in [2.45, 2.75) is 44.9 Å². The summed E-state index contributed by atoms with van der Waals surface area (Å²) in [6.45, 7) is 6.88. The van der Waals surface area contributed by atoms with Gasteiger partial charge >= 0.3 is 0 Å². The van der Waals surface area contributed by atoms with Gasteiger partial charge in [0.1, 0.15) is 11.4 Å². The summed E-state index contributed by atoms with van der Waals surface area (Å²) in [6, 6.07) is 16.5. The number of hydrogen-bond acceptors (Lipinski definition) is 9. The minimum atomic E-state index is -1.30. The fourth-order valence-corrected chi connectivity index (χ4v) is 4.40. The number of benzene rings is 2. The number of carbonyl (C=O) groups excluding carboxylic acids is 1. The van der Waals surface area contributed by atoms with Crippen molar-refractivity contribution in [3.05, 3.63) is 83.4 Å². The first-order valence-electron chi connectivity index (χ1n) is 12.3. The number of amides is 1. The Morgan fingerprint density at radius 2 is 1.84 bits per heavy atom. The SMILES string of the molecule is CC(C)(O)c1nnc(-c2cnc(Nc3ccc4c(c3)C(C)(C)NC4=O)cc2N[C@H](CO)c2ccccc2)o1. The van der Waals surface area contributed by atoms with E-state index in [4.69, 9.17) is 4.42 Å². The molecular formula is C28H30N6O4. The fourth-order valence-electron chi connectivity index (χ4n) is 4.40. The molecule has 0 saturated heterocycles. The maximum Gasteiger partial charge on any atom is 0.252 e. The maximum absolute atomic E-state index is 12.3. The Morgan fingerprint density at radius 1 is 1.08 bits per heavy atom. The van der Waals surface area contributed by atoms with E-state index in [2.05, 4.69) is 31.1 Å². The summed E-state index contributed by atoms with van der Waals surface area (Å²) in [5.74, 6) is 0.688. The Bertz CT molecular complexity index is 1480. The van der Waals surface area contributed by atoms with Crippen LogP contribution in [-0.4, -0.2) is 37.9 Å². The molecule has 5 rings (SSSR count). The summed E-state index contributed by atoms with van der Waals surface area (Å²) < 4.78 is 5.76. The lowest BCUT2D eigenvalue weighted by Crippen LogP contribution is -2.32. The number of carbonyl (C=O) groups is 1. The van der Waals surface area contributed by atoms with Crippen LogP contribution in [0.25, 0.3) is 11.5 Å². The molecule has 196 valence electrons. The van der Waals surface area contributed by atoms with E-state index in [1.807, 2.05) is 56.3 Å². The van der Waals surface area contributed by atoms with Crippen molar-refractivity contribution >= 4 is 23.1 Å². The van der Waals surface area contributed by atoms with Gasteiger partial charge in [0.2, 0.25) is 5.89 Å². The molecule has 10 heteroatoms. The molecule has 1 atom stereocenters. The molecule has 1 amide bonds. The van der Waals surface area contributed by atoms with Crippen molar-refractivity contribution in [1.29, 1.82) is 0 Å². The minimum absolute atomic E-state index is 0.0753. The van der Waals surface area contributed by atoms with Crippen LogP contribution in [0.1, 0.15) is 61.1 Å². The van der Waals surface area contributed by atoms with Gasteiger partial charge in [0.05, 0.1) is 29.4 Å². The second-order valence-corrected chi connectivity index (χ2v) is 10.3. The summed E-state index contributed by atoms with van der Waals surface area (Å²) >= 11 is 0. The number of nitrogens with one attached hydrogen (secondary N) is 3. The Balaban J connectivity index is 1.52. The second kappa shape index (κ2) is 9.55. The summed E-state index contributed by atoms with van der Waals surface area (Å²) in [7, 11) is 0. The van der Waals surface area contributed by atoms with Crippen LogP contribution >= 0.6 is 0 Å². The van der Waals surface area contributed by atoms with Gasteiger partial charge in [0, 0.05) is 23.5 Å². The van der Waals surface area contributed by atoms with Crippen LogP contribution in [0, 0.1) is 0 Å². The molecule has 4 aromatic rings. The molecule has 3 heterocycles. The molecule has 0 fully saturated rings. The summed E-state index contributed by atoms with van der Waals surface area (Å²) in [6.07, 6.45) is 1.59. The molecule has 1 aliphatic heterocycles. The van der Waals surface area contributed by atoms with Crippen LogP contribution in [0.4, 0.5) is 17.2 Å². The summed E-state index contributed by atoms with van der Waals surface area (Å²) in [4.78, 5) is 16.8. The Morgan fingerprint density at radius 3 is 2.53 bits per heavy atom. The van der Waals surface area contributed by atoms with Crippen LogP contribution in [0.3, 0.4) is 0 Å².